The van der Waals surface area contributed by atoms with Crippen molar-refractivity contribution in [3.05, 3.63) is 60.8 Å². The molecule has 0 amide bonds. The van der Waals surface area contributed by atoms with Crippen LogP contribution in [-0.4, -0.2) is 37.2 Å². The van der Waals surface area contributed by atoms with E-state index in [0.717, 1.165) is 109 Å². The highest BCUT2D eigenvalue weighted by molar-refractivity contribution is 5.71. The molecule has 0 saturated heterocycles. The maximum Gasteiger partial charge on any atom is 0.306 e. The number of carbonyl (C=O) groups is 3. The average Bonchev–Trinajstić information content (AvgIpc) is 3.24. The van der Waals surface area contributed by atoms with Gasteiger partial charge in [0.05, 0.1) is 0 Å². The molecule has 60 heavy (non-hydrogen) atoms. The summed E-state index contributed by atoms with van der Waals surface area (Å²) in [6.45, 7) is 6.47. The summed E-state index contributed by atoms with van der Waals surface area (Å²) in [6.07, 6.45) is 59.1. The van der Waals surface area contributed by atoms with E-state index in [-0.39, 0.29) is 31.1 Å². The zero-order chi connectivity index (χ0) is 43.7. The number of hydrogen-bond acceptors (Lipinski definition) is 6. The first-order chi connectivity index (χ1) is 29.5. The lowest BCUT2D eigenvalue weighted by Gasteiger charge is -2.18. The zero-order valence-electron chi connectivity index (χ0n) is 39.5. The Bertz CT molecular complexity index is 1100. The minimum absolute atomic E-state index is 0.0818. The molecule has 1 unspecified atom stereocenters. The van der Waals surface area contributed by atoms with Gasteiger partial charge in [0.15, 0.2) is 6.10 Å². The predicted octanol–water partition coefficient (Wildman–Crippen LogP) is 16.5. The highest BCUT2D eigenvalue weighted by Crippen LogP contribution is 2.14. The summed E-state index contributed by atoms with van der Waals surface area (Å²) >= 11 is 0. The molecule has 0 aliphatic rings. The summed E-state index contributed by atoms with van der Waals surface area (Å²) in [7, 11) is 0. The monoisotopic (exact) mass is 839 g/mol. The second kappa shape index (κ2) is 48.8. The molecule has 0 aliphatic carbocycles. The fourth-order valence-electron chi connectivity index (χ4n) is 6.96. The van der Waals surface area contributed by atoms with Crippen LogP contribution in [0.3, 0.4) is 0 Å². The molecule has 0 heterocycles. The molecule has 0 aromatic rings. The van der Waals surface area contributed by atoms with Crippen molar-refractivity contribution < 1.29 is 28.6 Å². The number of allylic oxidation sites excluding steroid dienone is 10. The van der Waals surface area contributed by atoms with Crippen LogP contribution in [0.25, 0.3) is 0 Å². The first-order valence-electron chi connectivity index (χ1n) is 25.3. The fraction of sp³-hybridized carbons (Fsp3) is 0.759. The van der Waals surface area contributed by atoms with Crippen LogP contribution in [0.4, 0.5) is 0 Å². The van der Waals surface area contributed by atoms with Gasteiger partial charge in [0.1, 0.15) is 13.2 Å². The lowest BCUT2D eigenvalue weighted by molar-refractivity contribution is -0.167. The van der Waals surface area contributed by atoms with Gasteiger partial charge < -0.3 is 14.2 Å². The van der Waals surface area contributed by atoms with Gasteiger partial charge in [-0.2, -0.15) is 0 Å². The Labute approximate surface area is 370 Å². The predicted molar refractivity (Wildman–Crippen MR) is 256 cm³/mol. The number of carbonyl (C=O) groups excluding carboxylic acids is 3. The second-order valence-electron chi connectivity index (χ2n) is 16.7. The Morgan fingerprint density at radius 2 is 0.650 bits per heavy atom. The summed E-state index contributed by atoms with van der Waals surface area (Å²) in [5, 5.41) is 0. The molecule has 0 radical (unpaired) electrons. The zero-order valence-corrected chi connectivity index (χ0v) is 39.5. The summed E-state index contributed by atoms with van der Waals surface area (Å²) < 4.78 is 16.8. The molecule has 0 N–H and O–H groups in total. The van der Waals surface area contributed by atoms with Crippen LogP contribution in [0.1, 0.15) is 245 Å². The smallest absolute Gasteiger partial charge is 0.306 e. The number of ether oxygens (including phenoxy) is 3. The first-order valence-corrected chi connectivity index (χ1v) is 25.3. The van der Waals surface area contributed by atoms with Crippen LogP contribution < -0.4 is 0 Å². The molecule has 0 aromatic heterocycles. The second-order valence-corrected chi connectivity index (χ2v) is 16.7. The molecule has 0 spiro atoms. The van der Waals surface area contributed by atoms with E-state index in [9.17, 15) is 14.4 Å². The van der Waals surface area contributed by atoms with Gasteiger partial charge in [0, 0.05) is 19.3 Å². The highest BCUT2D eigenvalue weighted by Gasteiger charge is 2.19. The largest absolute Gasteiger partial charge is 0.462 e. The van der Waals surface area contributed by atoms with E-state index in [2.05, 4.69) is 81.5 Å². The SMILES string of the molecule is CC/C=C\C/C=C\C/C=C\CCCCCCCCCC(=O)OCC(COC(=O)CCCCCCCCCCCC)OC(=O)CCCCCCC/C=C\C/C=C\CCCCC. The van der Waals surface area contributed by atoms with Crippen LogP contribution in [0, 0.1) is 0 Å². The van der Waals surface area contributed by atoms with Crippen molar-refractivity contribution in [1.29, 1.82) is 0 Å². The molecule has 346 valence electrons. The highest BCUT2D eigenvalue weighted by atomic mass is 16.6. The van der Waals surface area contributed by atoms with Crippen LogP contribution in [0.2, 0.25) is 0 Å². The Morgan fingerprint density at radius 1 is 0.350 bits per heavy atom. The number of esters is 3. The van der Waals surface area contributed by atoms with Crippen molar-refractivity contribution in [3.63, 3.8) is 0 Å². The third-order valence-electron chi connectivity index (χ3n) is 10.8. The van der Waals surface area contributed by atoms with Gasteiger partial charge >= 0.3 is 17.9 Å². The third-order valence-corrected chi connectivity index (χ3v) is 10.8. The third kappa shape index (κ3) is 46.2. The summed E-state index contributed by atoms with van der Waals surface area (Å²) in [5.74, 6) is -0.904. The topological polar surface area (TPSA) is 78.9 Å². The molecule has 0 bridgehead atoms. The average molecular weight is 839 g/mol. The Balaban J connectivity index is 4.38. The van der Waals surface area contributed by atoms with E-state index < -0.39 is 6.10 Å². The molecular weight excluding hydrogens is 745 g/mol. The Morgan fingerprint density at radius 3 is 1.05 bits per heavy atom. The van der Waals surface area contributed by atoms with Crippen LogP contribution >= 0.6 is 0 Å². The van der Waals surface area contributed by atoms with E-state index >= 15 is 0 Å². The molecule has 6 heteroatoms. The Hall–Kier alpha value is -2.89. The summed E-state index contributed by atoms with van der Waals surface area (Å²) in [4.78, 5) is 37.9. The van der Waals surface area contributed by atoms with E-state index in [1.807, 2.05) is 0 Å². The lowest BCUT2D eigenvalue weighted by Crippen LogP contribution is -2.30. The van der Waals surface area contributed by atoms with E-state index in [4.69, 9.17) is 14.2 Å². The van der Waals surface area contributed by atoms with Gasteiger partial charge in [-0.3, -0.25) is 14.4 Å². The van der Waals surface area contributed by atoms with E-state index in [0.29, 0.717) is 19.3 Å². The van der Waals surface area contributed by atoms with Gasteiger partial charge in [-0.1, -0.05) is 204 Å². The molecular formula is C54H94O6. The van der Waals surface area contributed by atoms with Gasteiger partial charge in [-0.15, -0.1) is 0 Å². The van der Waals surface area contributed by atoms with Gasteiger partial charge in [0.25, 0.3) is 0 Å². The van der Waals surface area contributed by atoms with Gasteiger partial charge in [-0.05, 0) is 83.5 Å². The van der Waals surface area contributed by atoms with Gasteiger partial charge in [0.2, 0.25) is 0 Å². The Kier molecular flexibility index (Phi) is 46.4. The van der Waals surface area contributed by atoms with Crippen molar-refractivity contribution in [3.8, 4) is 0 Å². The molecule has 0 aromatic carbocycles. The number of hydrogen-bond donors (Lipinski definition) is 0. The maximum atomic E-state index is 12.8. The van der Waals surface area contributed by atoms with Crippen molar-refractivity contribution in [2.45, 2.75) is 252 Å². The molecule has 0 fully saturated rings. The van der Waals surface area contributed by atoms with Crippen molar-refractivity contribution in [2.75, 3.05) is 13.2 Å². The summed E-state index contributed by atoms with van der Waals surface area (Å²) in [6, 6.07) is 0. The minimum Gasteiger partial charge on any atom is -0.462 e. The van der Waals surface area contributed by atoms with Crippen LogP contribution in [-0.2, 0) is 28.6 Å². The van der Waals surface area contributed by atoms with E-state index in [1.165, 1.54) is 96.3 Å². The van der Waals surface area contributed by atoms with Crippen LogP contribution in [0.5, 0.6) is 0 Å². The number of unbranched alkanes of at least 4 members (excludes halogenated alkanes) is 24. The van der Waals surface area contributed by atoms with E-state index in [1.54, 1.807) is 0 Å². The van der Waals surface area contributed by atoms with Gasteiger partial charge in [-0.25, -0.2) is 0 Å². The quantitative estimate of drug-likeness (QED) is 0.0263. The standard InChI is InChI=1S/C54H94O6/c1-4-7-10-13-16-19-22-24-26-27-29-30-32-35-38-41-44-47-53(56)59-50-51(49-58-52(55)46-43-40-37-34-21-18-15-12-9-6-3)60-54(57)48-45-42-39-36-33-31-28-25-23-20-17-14-11-8-5-2/h7,10,16-17,19-20,24-26,28,51H,4-6,8-9,11-15,18,21-23,27,29-50H2,1-3H3/b10-7-,19-16-,20-17-,26-24-,28-25-. The molecule has 1 atom stereocenters. The first kappa shape index (κ1) is 57.1. The normalized spacial score (nSPS) is 12.5. The van der Waals surface area contributed by atoms with Crippen molar-refractivity contribution >= 4 is 17.9 Å². The van der Waals surface area contributed by atoms with Crippen LogP contribution in [0.15, 0.2) is 60.8 Å². The maximum absolute atomic E-state index is 12.8. The fourth-order valence-corrected chi connectivity index (χ4v) is 6.96. The summed E-state index contributed by atoms with van der Waals surface area (Å²) in [5.41, 5.74) is 0. The van der Waals surface area contributed by atoms with Crippen molar-refractivity contribution in [2.24, 2.45) is 0 Å². The molecule has 0 saturated carbocycles. The minimum atomic E-state index is -0.782. The lowest BCUT2D eigenvalue weighted by atomic mass is 10.1. The molecule has 0 aliphatic heterocycles. The number of rotatable bonds is 45. The molecule has 6 nitrogen and oxygen atoms in total. The van der Waals surface area contributed by atoms with Crippen molar-refractivity contribution in [1.82, 2.24) is 0 Å². The molecule has 0 rings (SSSR count).